The number of sulfone groups is 1. The van der Waals surface area contributed by atoms with E-state index in [0.717, 1.165) is 0 Å². The zero-order chi connectivity index (χ0) is 14.0. The van der Waals surface area contributed by atoms with E-state index in [1.165, 1.54) is 24.3 Å². The van der Waals surface area contributed by atoms with Gasteiger partial charge in [0.05, 0.1) is 4.90 Å². The molecule has 0 aromatic heterocycles. The molecule has 1 amide bonds. The lowest BCUT2D eigenvalue weighted by Crippen LogP contribution is -2.23. The number of alkyl halides is 3. The lowest BCUT2D eigenvalue weighted by atomic mass is 10.2. The van der Waals surface area contributed by atoms with Crippen LogP contribution < -0.4 is 5.32 Å². The van der Waals surface area contributed by atoms with Crippen LogP contribution >= 0.6 is 47.8 Å². The van der Waals surface area contributed by atoms with Crippen LogP contribution in [0.5, 0.6) is 0 Å². The van der Waals surface area contributed by atoms with Gasteiger partial charge in [-0.05, 0) is 79.0 Å². The van der Waals surface area contributed by atoms with Crippen LogP contribution in [0.4, 0.5) is 0 Å². The van der Waals surface area contributed by atoms with E-state index in [-0.39, 0.29) is 10.8 Å². The van der Waals surface area contributed by atoms with Gasteiger partial charge in [-0.25, -0.2) is 8.42 Å². The molecular weight excluding hydrogens is 454 g/mol. The molecule has 0 aliphatic rings. The molecule has 0 spiro atoms. The van der Waals surface area contributed by atoms with Crippen LogP contribution in [0.15, 0.2) is 29.2 Å². The Bertz CT molecular complexity index is 534. The number of benzene rings is 1. The third-order valence-corrected chi connectivity index (χ3v) is 7.41. The third-order valence-electron chi connectivity index (χ3n) is 2.07. The summed E-state index contributed by atoms with van der Waals surface area (Å²) in [5.41, 5.74) is 0.417. The van der Waals surface area contributed by atoms with Crippen molar-refractivity contribution >= 4 is 63.5 Å². The maximum atomic E-state index is 12.0. The fourth-order valence-electron chi connectivity index (χ4n) is 1.18. The third kappa shape index (κ3) is 3.55. The summed E-state index contributed by atoms with van der Waals surface area (Å²) in [7, 11) is -3.61. The predicted octanol–water partition coefficient (Wildman–Crippen LogP) is 3.01. The van der Waals surface area contributed by atoms with E-state index >= 15 is 0 Å². The molecule has 1 aromatic carbocycles. The van der Waals surface area contributed by atoms with E-state index in [9.17, 15) is 13.2 Å². The zero-order valence-corrected chi connectivity index (χ0v) is 14.9. The molecule has 1 aromatic rings. The van der Waals surface area contributed by atoms with Crippen molar-refractivity contribution in [2.75, 3.05) is 6.54 Å². The smallest absolute Gasteiger partial charge is 0.251 e. The van der Waals surface area contributed by atoms with Gasteiger partial charge in [-0.2, -0.15) is 0 Å². The molecule has 0 saturated heterocycles. The minimum atomic E-state index is -3.61. The van der Waals surface area contributed by atoms with E-state index in [2.05, 4.69) is 53.1 Å². The Morgan fingerprint density at radius 1 is 1.22 bits per heavy atom. The fourth-order valence-corrected chi connectivity index (χ4v) is 3.63. The van der Waals surface area contributed by atoms with Crippen molar-refractivity contribution in [3.8, 4) is 0 Å². The van der Waals surface area contributed by atoms with Crippen molar-refractivity contribution in [1.82, 2.24) is 5.32 Å². The average Bonchev–Trinajstić information content (AvgIpc) is 2.28. The molecule has 18 heavy (non-hydrogen) atoms. The Kier molecular flexibility index (Phi) is 5.40. The summed E-state index contributed by atoms with van der Waals surface area (Å²) in [6.45, 7) is 2.33. The number of nitrogens with one attached hydrogen (secondary N) is 1. The summed E-state index contributed by atoms with van der Waals surface area (Å²) in [6.07, 6.45) is 0. The molecular formula is C10H10Br3NO3S. The minimum Gasteiger partial charge on any atom is -0.352 e. The molecule has 8 heteroatoms. The summed E-state index contributed by atoms with van der Waals surface area (Å²) in [6, 6.07) is 5.71. The van der Waals surface area contributed by atoms with E-state index in [1.807, 2.05) is 6.92 Å². The summed E-state index contributed by atoms with van der Waals surface area (Å²) in [4.78, 5) is 11.6. The van der Waals surface area contributed by atoms with Gasteiger partial charge in [0.2, 0.25) is 11.3 Å². The summed E-state index contributed by atoms with van der Waals surface area (Å²) >= 11 is 8.93. The molecule has 4 nitrogen and oxygen atoms in total. The number of amides is 1. The van der Waals surface area contributed by atoms with Gasteiger partial charge in [-0.1, -0.05) is 0 Å². The first-order valence-corrected chi connectivity index (χ1v) is 8.76. The monoisotopic (exact) mass is 461 g/mol. The SMILES string of the molecule is CCNC(=O)c1ccc(S(=O)(=O)C(Br)(Br)Br)cc1. The molecule has 0 bridgehead atoms. The molecule has 1 rings (SSSR count). The Balaban J connectivity index is 3.08. The van der Waals surface area contributed by atoms with Crippen molar-refractivity contribution in [2.45, 2.75) is 13.3 Å². The van der Waals surface area contributed by atoms with Crippen LogP contribution in [0.2, 0.25) is 0 Å². The van der Waals surface area contributed by atoms with E-state index < -0.39 is 11.3 Å². The summed E-state index contributed by atoms with van der Waals surface area (Å²) < 4.78 is 22.6. The van der Waals surface area contributed by atoms with Gasteiger partial charge in [0, 0.05) is 12.1 Å². The quantitative estimate of drug-likeness (QED) is 0.701. The highest BCUT2D eigenvalue weighted by atomic mass is 80.0. The van der Waals surface area contributed by atoms with Gasteiger partial charge in [0.15, 0.2) is 0 Å². The highest BCUT2D eigenvalue weighted by Gasteiger charge is 2.37. The molecule has 0 saturated carbocycles. The van der Waals surface area contributed by atoms with Crippen molar-refractivity contribution in [3.05, 3.63) is 29.8 Å². The lowest BCUT2D eigenvalue weighted by molar-refractivity contribution is 0.0955. The van der Waals surface area contributed by atoms with Gasteiger partial charge < -0.3 is 5.32 Å². The molecule has 0 aliphatic heterocycles. The van der Waals surface area contributed by atoms with Crippen molar-refractivity contribution in [3.63, 3.8) is 0 Å². The van der Waals surface area contributed by atoms with Crippen molar-refractivity contribution in [1.29, 1.82) is 0 Å². The molecule has 0 heterocycles. The van der Waals surface area contributed by atoms with Crippen LogP contribution in [-0.4, -0.2) is 22.3 Å². The zero-order valence-electron chi connectivity index (χ0n) is 9.28. The highest BCUT2D eigenvalue weighted by molar-refractivity contribution is 9.42. The lowest BCUT2D eigenvalue weighted by Gasteiger charge is -2.13. The molecule has 1 N–H and O–H groups in total. The normalized spacial score (nSPS) is 12.2. The van der Waals surface area contributed by atoms with E-state index in [0.29, 0.717) is 12.1 Å². The second kappa shape index (κ2) is 6.02. The molecule has 0 aliphatic carbocycles. The maximum absolute atomic E-state index is 12.0. The number of halogens is 3. The molecule has 0 unspecified atom stereocenters. The maximum Gasteiger partial charge on any atom is 0.251 e. The first-order valence-electron chi connectivity index (χ1n) is 4.89. The number of hydrogen-bond donors (Lipinski definition) is 1. The Hall–Kier alpha value is 0.0800. The van der Waals surface area contributed by atoms with Gasteiger partial charge in [-0.15, -0.1) is 0 Å². The Morgan fingerprint density at radius 2 is 1.72 bits per heavy atom. The van der Waals surface area contributed by atoms with Gasteiger partial charge in [0.25, 0.3) is 5.91 Å². The predicted molar refractivity (Wildman–Crippen MR) is 81.1 cm³/mol. The second-order valence-electron chi connectivity index (χ2n) is 3.33. The van der Waals surface area contributed by atoms with Gasteiger partial charge in [-0.3, -0.25) is 4.79 Å². The number of carbonyl (C=O) groups excluding carboxylic acids is 1. The van der Waals surface area contributed by atoms with Crippen LogP contribution in [0.25, 0.3) is 0 Å². The molecule has 0 atom stereocenters. The topological polar surface area (TPSA) is 63.2 Å². The average molecular weight is 464 g/mol. The second-order valence-corrected chi connectivity index (χ2v) is 13.8. The Labute approximate surface area is 131 Å². The van der Waals surface area contributed by atoms with Crippen molar-refractivity contribution < 1.29 is 13.2 Å². The van der Waals surface area contributed by atoms with E-state index in [1.54, 1.807) is 0 Å². The number of rotatable bonds is 3. The molecule has 100 valence electrons. The standard InChI is InChI=1S/C10H10Br3NO3S/c1-2-14-9(15)7-3-5-8(6-4-7)18(16,17)10(11,12)13/h3-6H,2H2,1H3,(H,14,15). The van der Waals surface area contributed by atoms with Gasteiger partial charge >= 0.3 is 0 Å². The van der Waals surface area contributed by atoms with Crippen LogP contribution in [0, 0.1) is 0 Å². The summed E-state index contributed by atoms with van der Waals surface area (Å²) in [5.74, 6) is -0.232. The molecule has 0 fully saturated rings. The van der Waals surface area contributed by atoms with Gasteiger partial charge in [0.1, 0.15) is 0 Å². The number of hydrogen-bond acceptors (Lipinski definition) is 3. The van der Waals surface area contributed by atoms with Crippen LogP contribution in [0.1, 0.15) is 17.3 Å². The largest absolute Gasteiger partial charge is 0.352 e. The van der Waals surface area contributed by atoms with Crippen LogP contribution in [-0.2, 0) is 9.84 Å². The summed E-state index contributed by atoms with van der Waals surface area (Å²) in [5, 5.41) is 2.63. The van der Waals surface area contributed by atoms with Crippen LogP contribution in [0.3, 0.4) is 0 Å². The Morgan fingerprint density at radius 3 is 2.11 bits per heavy atom. The first-order chi connectivity index (χ1) is 8.20. The minimum absolute atomic E-state index is 0.0983. The van der Waals surface area contributed by atoms with E-state index in [4.69, 9.17) is 0 Å². The fraction of sp³-hybridized carbons (Fsp3) is 0.300. The molecule has 0 radical (unpaired) electrons. The van der Waals surface area contributed by atoms with Crippen molar-refractivity contribution in [2.24, 2.45) is 0 Å². The first kappa shape index (κ1) is 16.1. The highest BCUT2D eigenvalue weighted by Crippen LogP contribution is 2.43. The number of carbonyl (C=O) groups is 1.